The zero-order valence-corrected chi connectivity index (χ0v) is 17.0. The molecule has 11 heteroatoms. The summed E-state index contributed by atoms with van der Waals surface area (Å²) in [5.41, 5.74) is 0.415. The molecule has 1 aliphatic rings. The summed E-state index contributed by atoms with van der Waals surface area (Å²) in [5.74, 6) is -0.0309. The van der Waals surface area contributed by atoms with Crippen molar-refractivity contribution >= 4 is 33.2 Å². The topological polar surface area (TPSA) is 124 Å². The first-order chi connectivity index (χ1) is 13.8. The second kappa shape index (κ2) is 7.41. The number of aromatic nitrogens is 2. The van der Waals surface area contributed by atoms with Crippen LogP contribution in [0.25, 0.3) is 10.8 Å². The number of sulfonamides is 1. The van der Waals surface area contributed by atoms with Gasteiger partial charge in [-0.25, -0.2) is 13.2 Å². The van der Waals surface area contributed by atoms with E-state index in [0.29, 0.717) is 11.5 Å². The minimum absolute atomic E-state index is 0.107. The summed E-state index contributed by atoms with van der Waals surface area (Å²) < 4.78 is 37.6. The Morgan fingerprint density at radius 2 is 2.00 bits per heavy atom. The third-order valence-electron chi connectivity index (χ3n) is 4.14. The monoisotopic (exact) mass is 432 g/mol. The van der Waals surface area contributed by atoms with E-state index < -0.39 is 28.1 Å². The maximum absolute atomic E-state index is 12.4. The number of benzene rings is 1. The number of rotatable bonds is 5. The molecule has 2 aromatic heterocycles. The molecule has 1 N–H and O–H groups in total. The first kappa shape index (κ1) is 19.3. The summed E-state index contributed by atoms with van der Waals surface area (Å²) in [6.07, 6.45) is -0.779. The predicted octanol–water partition coefficient (Wildman–Crippen LogP) is 2.53. The van der Waals surface area contributed by atoms with E-state index in [9.17, 15) is 13.2 Å². The standard InChI is InChI=1S/C18H16N4O5S2/c1-10(19-15-12-6-3-4-8-14(12)29(24,25)22-15)18(23)26-11(2)16-20-21-17(27-16)13-7-5-9-28-13/h3-11H,1-2H3,(H,19,22). The molecule has 1 aliphatic heterocycles. The molecule has 2 atom stereocenters. The van der Waals surface area contributed by atoms with E-state index in [-0.39, 0.29) is 16.6 Å². The van der Waals surface area contributed by atoms with Crippen molar-refractivity contribution in [2.75, 3.05) is 0 Å². The number of carbonyl (C=O) groups excluding carboxylic acids is 1. The number of hydrogen-bond acceptors (Lipinski definition) is 9. The molecule has 3 heterocycles. The number of hydrogen-bond donors (Lipinski definition) is 1. The zero-order valence-electron chi connectivity index (χ0n) is 15.4. The fraction of sp³-hybridized carbons (Fsp3) is 0.222. The van der Waals surface area contributed by atoms with Gasteiger partial charge in [-0.3, -0.25) is 9.71 Å². The smallest absolute Gasteiger partial charge is 0.331 e. The third kappa shape index (κ3) is 3.78. The lowest BCUT2D eigenvalue weighted by Gasteiger charge is -2.12. The normalized spacial score (nSPS) is 18.1. The maximum atomic E-state index is 12.4. The fourth-order valence-corrected chi connectivity index (χ4v) is 4.58. The van der Waals surface area contributed by atoms with Crippen molar-refractivity contribution in [3.63, 3.8) is 0 Å². The summed E-state index contributed by atoms with van der Waals surface area (Å²) in [6, 6.07) is 9.18. The molecule has 0 aliphatic carbocycles. The van der Waals surface area contributed by atoms with Gasteiger partial charge in [0.05, 0.1) is 9.77 Å². The Kier molecular flexibility index (Phi) is 4.92. The van der Waals surface area contributed by atoms with Gasteiger partial charge in [0.1, 0.15) is 11.9 Å². The van der Waals surface area contributed by atoms with E-state index in [1.54, 1.807) is 25.1 Å². The van der Waals surface area contributed by atoms with Crippen LogP contribution >= 0.6 is 11.3 Å². The van der Waals surface area contributed by atoms with Crippen molar-refractivity contribution < 1.29 is 22.4 Å². The Labute approximate surface area is 170 Å². The Morgan fingerprint density at radius 1 is 1.21 bits per heavy atom. The highest BCUT2D eigenvalue weighted by atomic mass is 32.2. The van der Waals surface area contributed by atoms with Gasteiger partial charge in [0.25, 0.3) is 21.8 Å². The van der Waals surface area contributed by atoms with Crippen molar-refractivity contribution in [2.45, 2.75) is 30.9 Å². The van der Waals surface area contributed by atoms with Gasteiger partial charge in [0, 0.05) is 5.56 Å². The van der Waals surface area contributed by atoms with Crippen LogP contribution in [0.4, 0.5) is 0 Å². The highest BCUT2D eigenvalue weighted by Gasteiger charge is 2.31. The van der Waals surface area contributed by atoms with Crippen molar-refractivity contribution in [1.82, 2.24) is 14.9 Å². The summed E-state index contributed by atoms with van der Waals surface area (Å²) in [4.78, 5) is 17.6. The van der Waals surface area contributed by atoms with E-state index in [0.717, 1.165) is 4.88 Å². The van der Waals surface area contributed by atoms with E-state index in [1.807, 2.05) is 17.5 Å². The first-order valence-electron chi connectivity index (χ1n) is 8.63. The molecule has 0 fully saturated rings. The maximum Gasteiger partial charge on any atom is 0.331 e. The first-order valence-corrected chi connectivity index (χ1v) is 11.0. The Balaban J connectivity index is 1.47. The summed E-state index contributed by atoms with van der Waals surface area (Å²) in [7, 11) is -3.68. The van der Waals surface area contributed by atoms with E-state index in [4.69, 9.17) is 9.15 Å². The van der Waals surface area contributed by atoms with Crippen LogP contribution in [0.15, 0.2) is 56.1 Å². The molecule has 150 valence electrons. The van der Waals surface area contributed by atoms with Crippen LogP contribution in [-0.4, -0.2) is 36.5 Å². The summed E-state index contributed by atoms with van der Waals surface area (Å²) >= 11 is 1.45. The van der Waals surface area contributed by atoms with Crippen molar-refractivity contribution in [3.8, 4) is 10.8 Å². The van der Waals surface area contributed by atoms with Crippen molar-refractivity contribution in [1.29, 1.82) is 0 Å². The molecule has 2 unspecified atom stereocenters. The molecule has 1 aromatic carbocycles. The molecule has 0 amide bonds. The number of thiophene rings is 1. The number of nitrogens with zero attached hydrogens (tertiary/aromatic N) is 3. The molecular formula is C18H16N4O5S2. The second-order valence-electron chi connectivity index (χ2n) is 6.26. The molecular weight excluding hydrogens is 416 g/mol. The van der Waals surface area contributed by atoms with Crippen molar-refractivity contribution in [3.05, 3.63) is 53.2 Å². The van der Waals surface area contributed by atoms with Crippen molar-refractivity contribution in [2.24, 2.45) is 4.99 Å². The highest BCUT2D eigenvalue weighted by Crippen LogP contribution is 2.26. The number of carbonyl (C=O) groups is 1. The van der Waals surface area contributed by atoms with E-state index in [2.05, 4.69) is 19.9 Å². The lowest BCUT2D eigenvalue weighted by atomic mass is 10.2. The number of esters is 1. The van der Waals surface area contributed by atoms with Gasteiger partial charge < -0.3 is 9.15 Å². The quantitative estimate of drug-likeness (QED) is 0.614. The average Bonchev–Trinajstić information content (AvgIpc) is 3.42. The largest absolute Gasteiger partial charge is 0.451 e. The van der Waals surface area contributed by atoms with Gasteiger partial charge in [-0.2, -0.15) is 0 Å². The van der Waals surface area contributed by atoms with Gasteiger partial charge in [-0.1, -0.05) is 18.2 Å². The zero-order chi connectivity index (χ0) is 20.6. The van der Waals surface area contributed by atoms with Crippen LogP contribution in [0.1, 0.15) is 31.4 Å². The second-order valence-corrected chi connectivity index (χ2v) is 8.86. The van der Waals surface area contributed by atoms with Crippen LogP contribution in [-0.2, 0) is 19.6 Å². The molecule has 3 aromatic rings. The number of ether oxygens (including phenoxy) is 1. The van der Waals surface area contributed by atoms with Crippen LogP contribution in [0.5, 0.6) is 0 Å². The Hall–Kier alpha value is -3.05. The Bertz CT molecular complexity index is 1180. The molecule has 9 nitrogen and oxygen atoms in total. The minimum atomic E-state index is -3.68. The molecule has 0 bridgehead atoms. The van der Waals surface area contributed by atoms with Gasteiger partial charge in [-0.15, -0.1) is 21.5 Å². The molecule has 0 saturated heterocycles. The van der Waals surface area contributed by atoms with Crippen LogP contribution in [0, 0.1) is 0 Å². The van der Waals surface area contributed by atoms with Gasteiger partial charge in [-0.05, 0) is 37.4 Å². The molecule has 29 heavy (non-hydrogen) atoms. The number of fused-ring (bicyclic) bond motifs is 1. The molecule has 0 saturated carbocycles. The van der Waals surface area contributed by atoms with Crippen LogP contribution in [0.3, 0.4) is 0 Å². The highest BCUT2D eigenvalue weighted by molar-refractivity contribution is 7.90. The number of aliphatic imine (C=N–C) groups is 1. The van der Waals surface area contributed by atoms with Crippen LogP contribution in [0.2, 0.25) is 0 Å². The number of nitrogens with one attached hydrogen (secondary N) is 1. The van der Waals surface area contributed by atoms with Gasteiger partial charge in [0.2, 0.25) is 0 Å². The van der Waals surface area contributed by atoms with Gasteiger partial charge >= 0.3 is 5.97 Å². The third-order valence-corrected chi connectivity index (χ3v) is 6.39. The molecule has 0 radical (unpaired) electrons. The van der Waals surface area contributed by atoms with Gasteiger partial charge in [0.15, 0.2) is 6.10 Å². The predicted molar refractivity (Wildman–Crippen MR) is 105 cm³/mol. The molecule has 4 rings (SSSR count). The SMILES string of the molecule is CC(N=C1NS(=O)(=O)c2ccccc21)C(=O)OC(C)c1nnc(-c2cccs2)o1. The van der Waals surface area contributed by atoms with E-state index in [1.165, 1.54) is 24.3 Å². The number of amidine groups is 1. The Morgan fingerprint density at radius 3 is 2.76 bits per heavy atom. The lowest BCUT2D eigenvalue weighted by molar-refractivity contribution is -0.150. The summed E-state index contributed by atoms with van der Waals surface area (Å²) in [5, 5.41) is 9.76. The summed E-state index contributed by atoms with van der Waals surface area (Å²) in [6.45, 7) is 3.12. The average molecular weight is 432 g/mol. The lowest BCUT2D eigenvalue weighted by Crippen LogP contribution is -2.27. The van der Waals surface area contributed by atoms with E-state index >= 15 is 0 Å². The van der Waals surface area contributed by atoms with Crippen LogP contribution < -0.4 is 4.72 Å². The fourth-order valence-electron chi connectivity index (χ4n) is 2.70. The molecule has 0 spiro atoms. The minimum Gasteiger partial charge on any atom is -0.451 e.